The van der Waals surface area contributed by atoms with E-state index in [4.69, 9.17) is 16.3 Å². The van der Waals surface area contributed by atoms with Gasteiger partial charge in [-0.05, 0) is 79.1 Å². The topological polar surface area (TPSA) is 90.9 Å². The van der Waals surface area contributed by atoms with E-state index in [9.17, 15) is 14.7 Å². The number of rotatable bonds is 12. The number of methoxy groups -OCH3 is 1. The molecule has 7 nitrogen and oxygen atoms in total. The molecule has 3 N–H and O–H groups in total. The molecule has 43 heavy (non-hydrogen) atoms. The third-order valence-corrected chi connectivity index (χ3v) is 8.77. The van der Waals surface area contributed by atoms with Gasteiger partial charge in [-0.15, -0.1) is 0 Å². The van der Waals surface area contributed by atoms with Gasteiger partial charge in [-0.1, -0.05) is 74.0 Å². The summed E-state index contributed by atoms with van der Waals surface area (Å²) in [6.07, 6.45) is 2.81. The zero-order valence-corrected chi connectivity index (χ0v) is 26.3. The number of amides is 2. The molecule has 1 aliphatic rings. The summed E-state index contributed by atoms with van der Waals surface area (Å²) in [5.41, 5.74) is 4.17. The second-order valence-electron chi connectivity index (χ2n) is 11.2. The summed E-state index contributed by atoms with van der Waals surface area (Å²) in [5.74, 6) is -0.265. The summed E-state index contributed by atoms with van der Waals surface area (Å²) in [5, 5.41) is 19.4. The second kappa shape index (κ2) is 15.4. The van der Waals surface area contributed by atoms with Crippen molar-refractivity contribution in [3.05, 3.63) is 94.0 Å². The quantitative estimate of drug-likeness (QED) is 0.204. The molecule has 230 valence electrons. The summed E-state index contributed by atoms with van der Waals surface area (Å²) in [6.45, 7) is 7.23. The molecule has 1 saturated heterocycles. The van der Waals surface area contributed by atoms with Crippen LogP contribution in [0.2, 0.25) is 5.02 Å². The highest BCUT2D eigenvalue weighted by Gasteiger charge is 2.43. The highest BCUT2D eigenvalue weighted by Crippen LogP contribution is 2.45. The molecule has 0 saturated carbocycles. The lowest BCUT2D eigenvalue weighted by Crippen LogP contribution is -2.48. The standard InChI is InChI=1S/C35H44ClN3O4/c1-4-25-10-6-11-28(22-25)32-30(13-7-14-31(32)36)35(42,19-9-20-38-34(41)43-3)29-12-8-21-39(24-29)33(40)27-17-15-26(16-18-27)23-37-5-2/h6-7,10-11,13-18,22,29,37,42H,4-5,8-9,12,19-21,23-24H2,1-3H3,(H,38,41)/t29?,35-/m1/s1. The Labute approximate surface area is 260 Å². The number of likely N-dealkylation sites (tertiary alicyclic amines) is 1. The van der Waals surface area contributed by atoms with Crippen molar-refractivity contribution in [2.24, 2.45) is 5.92 Å². The lowest BCUT2D eigenvalue weighted by Gasteiger charge is -2.44. The Balaban J connectivity index is 1.66. The molecule has 1 heterocycles. The van der Waals surface area contributed by atoms with Crippen molar-refractivity contribution in [1.29, 1.82) is 0 Å². The van der Waals surface area contributed by atoms with Gasteiger partial charge in [-0.25, -0.2) is 4.79 Å². The van der Waals surface area contributed by atoms with Crippen molar-refractivity contribution < 1.29 is 19.4 Å². The predicted octanol–water partition coefficient (Wildman–Crippen LogP) is 6.56. The maximum Gasteiger partial charge on any atom is 0.406 e. The van der Waals surface area contributed by atoms with Gasteiger partial charge in [0.15, 0.2) is 0 Å². The number of hydrogen-bond acceptors (Lipinski definition) is 5. The molecule has 1 aliphatic heterocycles. The summed E-state index contributed by atoms with van der Waals surface area (Å²) >= 11 is 6.88. The maximum atomic E-state index is 13.7. The van der Waals surface area contributed by atoms with E-state index in [0.29, 0.717) is 43.1 Å². The third kappa shape index (κ3) is 7.96. The number of carbonyl (C=O) groups is 2. The number of alkyl carbamates (subject to hydrolysis) is 1. The minimum absolute atomic E-state index is 0.0311. The van der Waals surface area contributed by atoms with Crippen LogP contribution in [-0.2, 0) is 23.3 Å². The third-order valence-electron chi connectivity index (χ3n) is 8.46. The van der Waals surface area contributed by atoms with Crippen molar-refractivity contribution in [2.75, 3.05) is 33.3 Å². The molecule has 0 spiro atoms. The number of carbonyl (C=O) groups excluding carboxylic acids is 2. The van der Waals surface area contributed by atoms with Crippen molar-refractivity contribution in [1.82, 2.24) is 15.5 Å². The van der Waals surface area contributed by atoms with Crippen LogP contribution in [0.15, 0.2) is 66.7 Å². The average Bonchev–Trinajstić information content (AvgIpc) is 3.05. The molecule has 1 unspecified atom stereocenters. The van der Waals surface area contributed by atoms with Gasteiger partial charge >= 0.3 is 6.09 Å². The largest absolute Gasteiger partial charge is 0.453 e. The fraction of sp³-hybridized carbons (Fsp3) is 0.429. The Kier molecular flexibility index (Phi) is 11.6. The molecule has 0 aliphatic carbocycles. The molecule has 3 aromatic carbocycles. The van der Waals surface area contributed by atoms with Crippen LogP contribution in [0.5, 0.6) is 0 Å². The lowest BCUT2D eigenvalue weighted by molar-refractivity contribution is -0.0563. The van der Waals surface area contributed by atoms with E-state index in [0.717, 1.165) is 54.6 Å². The molecule has 2 atom stereocenters. The number of aliphatic hydroxyl groups is 1. The Morgan fingerprint density at radius 3 is 2.56 bits per heavy atom. The summed E-state index contributed by atoms with van der Waals surface area (Å²) in [7, 11) is 1.33. The second-order valence-corrected chi connectivity index (χ2v) is 11.6. The van der Waals surface area contributed by atoms with E-state index in [1.807, 2.05) is 59.5 Å². The van der Waals surface area contributed by atoms with Crippen molar-refractivity contribution >= 4 is 23.6 Å². The van der Waals surface area contributed by atoms with Crippen LogP contribution in [-0.4, -0.2) is 55.3 Å². The number of ether oxygens (including phenoxy) is 1. The maximum absolute atomic E-state index is 13.7. The van der Waals surface area contributed by atoms with E-state index in [-0.39, 0.29) is 11.8 Å². The Bertz CT molecular complexity index is 1380. The Hall–Kier alpha value is -3.39. The fourth-order valence-corrected chi connectivity index (χ4v) is 6.36. The summed E-state index contributed by atoms with van der Waals surface area (Å²) < 4.78 is 4.73. The van der Waals surface area contributed by atoms with Crippen LogP contribution in [0.4, 0.5) is 4.79 Å². The van der Waals surface area contributed by atoms with Crippen LogP contribution in [0.25, 0.3) is 11.1 Å². The zero-order chi connectivity index (χ0) is 30.8. The molecule has 0 radical (unpaired) electrons. The molecule has 0 aromatic heterocycles. The van der Waals surface area contributed by atoms with Crippen LogP contribution in [0.1, 0.15) is 66.6 Å². The minimum Gasteiger partial charge on any atom is -0.453 e. The van der Waals surface area contributed by atoms with Crippen LogP contribution in [0.3, 0.4) is 0 Å². The first-order chi connectivity index (χ1) is 20.8. The fourth-order valence-electron chi connectivity index (χ4n) is 6.07. The SMILES string of the molecule is CCNCc1ccc(C(=O)N2CCCC([C@](O)(CCCNC(=O)OC)c3cccc(Cl)c3-c3cccc(CC)c3)C2)cc1. The smallest absolute Gasteiger partial charge is 0.406 e. The van der Waals surface area contributed by atoms with Crippen LogP contribution >= 0.6 is 11.6 Å². The first-order valence-electron chi connectivity index (χ1n) is 15.3. The van der Waals surface area contributed by atoms with Gasteiger partial charge in [-0.3, -0.25) is 4.79 Å². The van der Waals surface area contributed by atoms with Gasteiger partial charge in [0.25, 0.3) is 5.91 Å². The number of halogens is 1. The Morgan fingerprint density at radius 1 is 1.07 bits per heavy atom. The molecular formula is C35H44ClN3O4. The number of nitrogens with one attached hydrogen (secondary N) is 2. The van der Waals surface area contributed by atoms with Crippen molar-refractivity contribution in [3.63, 3.8) is 0 Å². The first-order valence-corrected chi connectivity index (χ1v) is 15.7. The van der Waals surface area contributed by atoms with Gasteiger partial charge in [0.1, 0.15) is 0 Å². The predicted molar refractivity (Wildman–Crippen MR) is 172 cm³/mol. The van der Waals surface area contributed by atoms with E-state index in [2.05, 4.69) is 36.6 Å². The number of hydrogen-bond donors (Lipinski definition) is 3. The molecule has 1 fully saturated rings. The molecule has 8 heteroatoms. The first kappa shape index (κ1) is 32.5. The van der Waals surface area contributed by atoms with E-state index >= 15 is 0 Å². The van der Waals surface area contributed by atoms with Crippen LogP contribution in [0, 0.1) is 5.92 Å². The lowest BCUT2D eigenvalue weighted by atomic mass is 9.72. The molecule has 0 bridgehead atoms. The van der Waals surface area contributed by atoms with Gasteiger partial charge in [-0.2, -0.15) is 0 Å². The molecule has 3 aromatic rings. The van der Waals surface area contributed by atoms with Crippen LogP contribution < -0.4 is 10.6 Å². The number of benzene rings is 3. The van der Waals surface area contributed by atoms with Gasteiger partial charge in [0, 0.05) is 48.2 Å². The monoisotopic (exact) mass is 605 g/mol. The summed E-state index contributed by atoms with van der Waals surface area (Å²) in [6, 6.07) is 21.7. The highest BCUT2D eigenvalue weighted by atomic mass is 35.5. The van der Waals surface area contributed by atoms with Crippen molar-refractivity contribution in [2.45, 2.75) is 58.1 Å². The van der Waals surface area contributed by atoms with E-state index in [1.54, 1.807) is 0 Å². The highest BCUT2D eigenvalue weighted by molar-refractivity contribution is 6.33. The molecular weight excluding hydrogens is 562 g/mol. The Morgan fingerprint density at radius 2 is 1.84 bits per heavy atom. The molecule has 4 rings (SSSR count). The minimum atomic E-state index is -1.30. The number of aryl methyl sites for hydroxylation is 1. The number of nitrogens with zero attached hydrogens (tertiary/aromatic N) is 1. The van der Waals surface area contributed by atoms with E-state index in [1.165, 1.54) is 12.7 Å². The van der Waals surface area contributed by atoms with Gasteiger partial charge in [0.2, 0.25) is 0 Å². The molecule has 2 amide bonds. The average molecular weight is 606 g/mol. The van der Waals surface area contributed by atoms with Crippen molar-refractivity contribution in [3.8, 4) is 11.1 Å². The van der Waals surface area contributed by atoms with Gasteiger partial charge < -0.3 is 25.4 Å². The summed E-state index contributed by atoms with van der Waals surface area (Å²) in [4.78, 5) is 27.2. The normalized spacial score (nSPS) is 16.4. The van der Waals surface area contributed by atoms with E-state index < -0.39 is 11.7 Å². The van der Waals surface area contributed by atoms with Gasteiger partial charge in [0.05, 0.1) is 12.7 Å². The zero-order valence-electron chi connectivity index (χ0n) is 25.5. The number of piperidine rings is 1.